The average Bonchev–Trinajstić information content (AvgIpc) is 1.86. The second kappa shape index (κ2) is 1.48. The van der Waals surface area contributed by atoms with Crippen molar-refractivity contribution in [2.45, 2.75) is 0 Å². The number of nitrogens with zero attached hydrogens (tertiary/aromatic N) is 1. The number of hydrogen-bond donors (Lipinski definition) is 1. The summed E-state index contributed by atoms with van der Waals surface area (Å²) in [6, 6.07) is 0. The first-order chi connectivity index (χ1) is 2.89. The van der Waals surface area contributed by atoms with Gasteiger partial charge in [-0.15, -0.1) is 0 Å². The molecule has 0 amide bonds. The summed E-state index contributed by atoms with van der Waals surface area (Å²) in [4.78, 5) is 0. The molecule has 1 N–H and O–H groups in total. The average molecular weight is 102 g/mol. The van der Waals surface area contributed by atoms with Crippen LogP contribution in [0.3, 0.4) is 0 Å². The number of nitrogens with one attached hydrogen (secondary N) is 1. The third-order valence-electron chi connectivity index (χ3n) is 0.658. The molecule has 0 saturated heterocycles. The van der Waals surface area contributed by atoms with Gasteiger partial charge in [-0.25, -0.2) is 0 Å². The van der Waals surface area contributed by atoms with Gasteiger partial charge in [-0.05, 0) is 9.39 Å². The number of hydrogen-bond acceptors (Lipinski definition) is 2. The van der Waals surface area contributed by atoms with Gasteiger partial charge < -0.3 is 9.99 Å². The Kier molecular flexibility index (Phi) is 0.972. The van der Waals surface area contributed by atoms with Crippen LogP contribution in [0.5, 0.6) is 0 Å². The minimum Gasteiger partial charge on any atom is -0.372 e. The number of rotatable bonds is 0. The van der Waals surface area contributed by atoms with E-state index in [1.165, 1.54) is 0 Å². The molecule has 1 atom stereocenters. The second-order valence-electron chi connectivity index (χ2n) is 1.19. The molecule has 1 unspecified atom stereocenters. The predicted molar refractivity (Wildman–Crippen MR) is 28.7 cm³/mol. The van der Waals surface area contributed by atoms with Crippen LogP contribution < -0.4 is 5.32 Å². The van der Waals surface area contributed by atoms with Crippen LogP contribution in [0, 0.1) is 0 Å². The molecule has 1 aliphatic rings. The molecule has 0 aliphatic carbocycles. The Morgan fingerprint density at radius 2 is 2.67 bits per heavy atom. The predicted octanol–water partition coefficient (Wildman–Crippen LogP) is 0.110. The van der Waals surface area contributed by atoms with Gasteiger partial charge in [0.15, 0.2) is 0 Å². The molecule has 1 aliphatic heterocycles. The van der Waals surface area contributed by atoms with Crippen LogP contribution in [0.1, 0.15) is 0 Å². The van der Waals surface area contributed by atoms with Crippen molar-refractivity contribution < 1.29 is 0 Å². The molecule has 34 valence electrons. The van der Waals surface area contributed by atoms with Crippen molar-refractivity contribution in [1.82, 2.24) is 9.99 Å². The topological polar surface area (TPSA) is 15.3 Å². The van der Waals surface area contributed by atoms with Crippen LogP contribution in [0.25, 0.3) is 0 Å². The van der Waals surface area contributed by atoms with Crippen LogP contribution in [0.2, 0.25) is 0 Å². The fraction of sp³-hybridized carbons (Fsp3) is 0.333. The summed E-state index contributed by atoms with van der Waals surface area (Å²) in [5.74, 6) is 0. The highest BCUT2D eigenvalue weighted by Gasteiger charge is 1.90. The van der Waals surface area contributed by atoms with Crippen LogP contribution in [0.4, 0.5) is 0 Å². The fourth-order valence-electron chi connectivity index (χ4n) is 0.359. The summed E-state index contributed by atoms with van der Waals surface area (Å²) in [6.45, 7) is 0.921. The summed E-state index contributed by atoms with van der Waals surface area (Å²) in [7, 11) is 2.56. The smallest absolute Gasteiger partial charge is 0.0897 e. The zero-order valence-electron chi connectivity index (χ0n) is 3.39. The Morgan fingerprint density at radius 1 is 1.83 bits per heavy atom. The van der Waals surface area contributed by atoms with Crippen LogP contribution >= 0.6 is 9.39 Å². The van der Waals surface area contributed by atoms with E-state index in [4.69, 9.17) is 0 Å². The molecule has 3 heteroatoms. The Labute approximate surface area is 39.5 Å². The van der Waals surface area contributed by atoms with E-state index in [2.05, 4.69) is 14.7 Å². The molecular weight excluding hydrogens is 95.0 g/mol. The molecule has 6 heavy (non-hydrogen) atoms. The van der Waals surface area contributed by atoms with E-state index in [1.54, 1.807) is 0 Å². The van der Waals surface area contributed by atoms with Gasteiger partial charge in [-0.3, -0.25) is 0 Å². The van der Waals surface area contributed by atoms with E-state index in [-0.39, 0.29) is 0 Å². The maximum Gasteiger partial charge on any atom is 0.0897 e. The molecule has 0 saturated carbocycles. The highest BCUT2D eigenvalue weighted by atomic mass is 31.0. The maximum absolute atomic E-state index is 3.00. The lowest BCUT2D eigenvalue weighted by Crippen LogP contribution is -2.09. The molecular formula is C3H7N2P. The molecule has 0 bridgehead atoms. The van der Waals surface area contributed by atoms with Crippen molar-refractivity contribution in [3.05, 3.63) is 12.4 Å². The van der Waals surface area contributed by atoms with E-state index in [1.807, 2.05) is 17.1 Å². The van der Waals surface area contributed by atoms with Crippen LogP contribution in [-0.4, -0.2) is 11.3 Å². The first kappa shape index (κ1) is 3.94. The van der Waals surface area contributed by atoms with Gasteiger partial charge in [0, 0.05) is 12.4 Å². The Balaban J connectivity index is 2.38. The summed E-state index contributed by atoms with van der Waals surface area (Å²) in [5.41, 5.74) is 0. The van der Waals surface area contributed by atoms with Gasteiger partial charge in [0.1, 0.15) is 0 Å². The van der Waals surface area contributed by atoms with Crippen molar-refractivity contribution in [2.75, 3.05) is 6.67 Å². The standard InChI is InChI=1S/C3H7N2P/c6-5-2-1-4-3-5/h1-2,4H,3,6H2. The zero-order valence-corrected chi connectivity index (χ0v) is 4.54. The molecule has 1 heterocycles. The van der Waals surface area contributed by atoms with E-state index in [0.29, 0.717) is 0 Å². The fourth-order valence-corrected chi connectivity index (χ4v) is 0.551. The summed E-state index contributed by atoms with van der Waals surface area (Å²) < 4.78 is 1.99. The summed E-state index contributed by atoms with van der Waals surface area (Å²) in [6.07, 6.45) is 3.87. The normalized spacial score (nSPS) is 18.5. The SMILES string of the molecule is PN1C=CNC1. The monoisotopic (exact) mass is 102 g/mol. The largest absolute Gasteiger partial charge is 0.372 e. The van der Waals surface area contributed by atoms with Gasteiger partial charge in [-0.1, -0.05) is 0 Å². The van der Waals surface area contributed by atoms with Crippen molar-refractivity contribution in [1.29, 1.82) is 0 Å². The Morgan fingerprint density at radius 3 is 2.83 bits per heavy atom. The maximum atomic E-state index is 3.00. The van der Waals surface area contributed by atoms with Crippen LogP contribution in [-0.2, 0) is 0 Å². The molecule has 0 aromatic heterocycles. The van der Waals surface area contributed by atoms with Crippen LogP contribution in [0.15, 0.2) is 12.4 Å². The van der Waals surface area contributed by atoms with E-state index in [0.717, 1.165) is 6.67 Å². The third-order valence-corrected chi connectivity index (χ3v) is 1.01. The van der Waals surface area contributed by atoms with Crippen molar-refractivity contribution in [2.24, 2.45) is 0 Å². The lowest BCUT2D eigenvalue weighted by molar-refractivity contribution is 0.633. The van der Waals surface area contributed by atoms with E-state index in [9.17, 15) is 0 Å². The molecule has 0 spiro atoms. The van der Waals surface area contributed by atoms with Gasteiger partial charge in [0.2, 0.25) is 0 Å². The lowest BCUT2D eigenvalue weighted by atomic mass is 11.0. The molecule has 1 rings (SSSR count). The lowest BCUT2D eigenvalue weighted by Gasteiger charge is -2.01. The Hall–Kier alpha value is -0.230. The molecule has 0 aromatic carbocycles. The van der Waals surface area contributed by atoms with E-state index >= 15 is 0 Å². The quantitative estimate of drug-likeness (QED) is 0.437. The van der Waals surface area contributed by atoms with Crippen molar-refractivity contribution in [3.8, 4) is 0 Å². The third kappa shape index (κ3) is 0.631. The highest BCUT2D eigenvalue weighted by Crippen LogP contribution is 1.99. The molecule has 0 aromatic rings. The summed E-state index contributed by atoms with van der Waals surface area (Å²) >= 11 is 0. The van der Waals surface area contributed by atoms with Gasteiger partial charge in [0.05, 0.1) is 6.67 Å². The molecule has 0 fully saturated rings. The minimum atomic E-state index is 0.921. The highest BCUT2D eigenvalue weighted by molar-refractivity contribution is 7.13. The zero-order chi connectivity index (χ0) is 4.41. The van der Waals surface area contributed by atoms with Crippen molar-refractivity contribution >= 4 is 9.39 Å². The first-order valence-corrected chi connectivity index (χ1v) is 2.32. The Bertz CT molecular complexity index is 71.2. The van der Waals surface area contributed by atoms with Crippen molar-refractivity contribution in [3.63, 3.8) is 0 Å². The second-order valence-corrected chi connectivity index (χ2v) is 1.86. The van der Waals surface area contributed by atoms with E-state index < -0.39 is 0 Å². The summed E-state index contributed by atoms with van der Waals surface area (Å²) in [5, 5.41) is 3.00. The minimum absolute atomic E-state index is 0.921. The first-order valence-electron chi connectivity index (χ1n) is 1.81. The molecule has 0 radical (unpaired) electrons. The van der Waals surface area contributed by atoms with Gasteiger partial charge >= 0.3 is 0 Å². The molecule has 2 nitrogen and oxygen atoms in total. The van der Waals surface area contributed by atoms with Gasteiger partial charge in [0.25, 0.3) is 0 Å². The van der Waals surface area contributed by atoms with Gasteiger partial charge in [-0.2, -0.15) is 0 Å².